The summed E-state index contributed by atoms with van der Waals surface area (Å²) in [5.41, 5.74) is 0. The van der Waals surface area contributed by atoms with Gasteiger partial charge >= 0.3 is 6.03 Å². The van der Waals surface area contributed by atoms with E-state index in [2.05, 4.69) is 21.3 Å². The molecule has 0 aromatic rings. The second kappa shape index (κ2) is 7.73. The first-order chi connectivity index (χ1) is 9.02. The second-order valence-electron chi connectivity index (χ2n) is 4.62. The van der Waals surface area contributed by atoms with Gasteiger partial charge in [0.25, 0.3) is 0 Å². The van der Waals surface area contributed by atoms with E-state index in [0.717, 1.165) is 12.8 Å². The molecule has 0 aromatic heterocycles. The first-order valence-electron chi connectivity index (χ1n) is 6.64. The first-order valence-corrected chi connectivity index (χ1v) is 6.64. The van der Waals surface area contributed by atoms with Gasteiger partial charge in [-0.05, 0) is 26.7 Å². The third-order valence-corrected chi connectivity index (χ3v) is 2.71. The molecule has 1 unspecified atom stereocenters. The highest BCUT2D eigenvalue weighted by Gasteiger charge is 2.23. The Balaban J connectivity index is 2.11. The van der Waals surface area contributed by atoms with Gasteiger partial charge in [-0.1, -0.05) is 0 Å². The lowest BCUT2D eigenvalue weighted by Gasteiger charge is -2.13. The number of nitrogens with one attached hydrogen (secondary N) is 4. The fourth-order valence-electron chi connectivity index (χ4n) is 1.45. The van der Waals surface area contributed by atoms with Gasteiger partial charge in [-0.2, -0.15) is 0 Å². The number of hydrogen-bond acceptors (Lipinski definition) is 4. The van der Waals surface area contributed by atoms with Gasteiger partial charge in [0, 0.05) is 25.6 Å². The molecule has 1 aliphatic carbocycles. The van der Waals surface area contributed by atoms with Gasteiger partial charge in [0.05, 0.1) is 6.04 Å². The molecule has 7 heteroatoms. The molecule has 108 valence electrons. The maximum atomic E-state index is 11.6. The van der Waals surface area contributed by atoms with Crippen LogP contribution in [0.1, 0.15) is 33.1 Å². The summed E-state index contributed by atoms with van der Waals surface area (Å²) in [6.07, 6.45) is 2.45. The molecule has 1 atom stereocenters. The van der Waals surface area contributed by atoms with Crippen LogP contribution in [0.15, 0.2) is 0 Å². The monoisotopic (exact) mass is 270 g/mol. The summed E-state index contributed by atoms with van der Waals surface area (Å²) in [6.45, 7) is 4.28. The van der Waals surface area contributed by atoms with E-state index < -0.39 is 18.0 Å². The molecule has 0 radical (unpaired) electrons. The van der Waals surface area contributed by atoms with Crippen LogP contribution in [0.25, 0.3) is 0 Å². The van der Waals surface area contributed by atoms with Crippen molar-refractivity contribution in [3.05, 3.63) is 0 Å². The SMILES string of the molecule is CCNC(=O)NC(=O)C(C)NCCC(=O)NC1CC1. The van der Waals surface area contributed by atoms with Gasteiger partial charge in [0.2, 0.25) is 11.8 Å². The molecule has 0 aromatic carbocycles. The lowest BCUT2D eigenvalue weighted by atomic mass is 10.3. The molecule has 1 fully saturated rings. The Labute approximate surface area is 112 Å². The van der Waals surface area contributed by atoms with Gasteiger partial charge in [-0.15, -0.1) is 0 Å². The third kappa shape index (κ3) is 6.76. The lowest BCUT2D eigenvalue weighted by molar-refractivity contribution is -0.123. The molecule has 1 rings (SSSR count). The van der Waals surface area contributed by atoms with Crippen molar-refractivity contribution in [1.29, 1.82) is 0 Å². The van der Waals surface area contributed by atoms with Gasteiger partial charge in [0.1, 0.15) is 0 Å². The van der Waals surface area contributed by atoms with Crippen LogP contribution in [0.4, 0.5) is 4.79 Å². The van der Waals surface area contributed by atoms with Gasteiger partial charge in [-0.3, -0.25) is 14.9 Å². The largest absolute Gasteiger partial charge is 0.353 e. The summed E-state index contributed by atoms with van der Waals surface area (Å²) < 4.78 is 0. The molecule has 19 heavy (non-hydrogen) atoms. The molecule has 0 aliphatic heterocycles. The van der Waals surface area contributed by atoms with E-state index in [9.17, 15) is 14.4 Å². The Morgan fingerprint density at radius 2 is 1.95 bits per heavy atom. The molecule has 4 amide bonds. The Morgan fingerprint density at radius 1 is 1.26 bits per heavy atom. The van der Waals surface area contributed by atoms with Crippen LogP contribution in [0, 0.1) is 0 Å². The number of amides is 4. The molecular weight excluding hydrogens is 248 g/mol. The van der Waals surface area contributed by atoms with Crippen molar-refractivity contribution in [1.82, 2.24) is 21.3 Å². The van der Waals surface area contributed by atoms with Crippen LogP contribution in [-0.4, -0.2) is 43.0 Å². The summed E-state index contributed by atoms with van der Waals surface area (Å²) in [5, 5.41) is 10.4. The van der Waals surface area contributed by atoms with Gasteiger partial charge < -0.3 is 16.0 Å². The number of carbonyl (C=O) groups excluding carboxylic acids is 3. The van der Waals surface area contributed by atoms with Gasteiger partial charge in [-0.25, -0.2) is 4.79 Å². The molecule has 1 saturated carbocycles. The van der Waals surface area contributed by atoms with E-state index in [4.69, 9.17) is 0 Å². The minimum atomic E-state index is -0.517. The minimum absolute atomic E-state index is 0.00802. The number of rotatable bonds is 7. The standard InChI is InChI=1S/C12H22N4O3/c1-3-13-12(19)16-11(18)8(2)14-7-6-10(17)15-9-4-5-9/h8-9,14H,3-7H2,1-2H3,(H,15,17)(H2,13,16,18,19). The van der Waals surface area contributed by atoms with Crippen LogP contribution < -0.4 is 21.3 Å². The number of hydrogen-bond donors (Lipinski definition) is 4. The van der Waals surface area contributed by atoms with Crippen LogP contribution in [0.2, 0.25) is 0 Å². The van der Waals surface area contributed by atoms with Crippen molar-refractivity contribution in [2.75, 3.05) is 13.1 Å². The average molecular weight is 270 g/mol. The van der Waals surface area contributed by atoms with E-state index in [1.807, 2.05) is 0 Å². The Hall–Kier alpha value is -1.63. The topological polar surface area (TPSA) is 99.3 Å². The van der Waals surface area contributed by atoms with E-state index in [1.54, 1.807) is 13.8 Å². The Kier molecular flexibility index (Phi) is 6.27. The van der Waals surface area contributed by atoms with Crippen molar-refractivity contribution in [3.63, 3.8) is 0 Å². The highest BCUT2D eigenvalue weighted by molar-refractivity contribution is 5.96. The smallest absolute Gasteiger partial charge is 0.321 e. The van der Waals surface area contributed by atoms with E-state index in [0.29, 0.717) is 25.6 Å². The van der Waals surface area contributed by atoms with E-state index >= 15 is 0 Å². The Morgan fingerprint density at radius 3 is 2.53 bits per heavy atom. The molecule has 1 aliphatic rings. The van der Waals surface area contributed by atoms with E-state index in [-0.39, 0.29) is 5.91 Å². The molecule has 0 heterocycles. The summed E-state index contributed by atoms with van der Waals surface area (Å²) >= 11 is 0. The summed E-state index contributed by atoms with van der Waals surface area (Å²) in [5.74, 6) is -0.417. The second-order valence-corrected chi connectivity index (χ2v) is 4.62. The highest BCUT2D eigenvalue weighted by Crippen LogP contribution is 2.18. The molecule has 0 bridgehead atoms. The fraction of sp³-hybridized carbons (Fsp3) is 0.750. The quantitative estimate of drug-likeness (QED) is 0.500. The molecular formula is C12H22N4O3. The van der Waals surface area contributed by atoms with Crippen molar-refractivity contribution < 1.29 is 14.4 Å². The molecule has 0 spiro atoms. The Bertz CT molecular complexity index is 342. The van der Waals surface area contributed by atoms with Crippen molar-refractivity contribution in [3.8, 4) is 0 Å². The predicted octanol–water partition coefficient (Wildman–Crippen LogP) is -0.521. The molecule has 4 N–H and O–H groups in total. The predicted molar refractivity (Wildman–Crippen MR) is 70.5 cm³/mol. The maximum absolute atomic E-state index is 11.6. The number of imide groups is 1. The zero-order valence-electron chi connectivity index (χ0n) is 11.4. The highest BCUT2D eigenvalue weighted by atomic mass is 16.2. The first kappa shape index (κ1) is 15.4. The lowest BCUT2D eigenvalue weighted by Crippen LogP contribution is -2.48. The van der Waals surface area contributed by atoms with Crippen LogP contribution in [0.3, 0.4) is 0 Å². The van der Waals surface area contributed by atoms with Crippen molar-refractivity contribution in [2.45, 2.75) is 45.2 Å². The zero-order valence-corrected chi connectivity index (χ0v) is 11.4. The number of carbonyl (C=O) groups is 3. The van der Waals surface area contributed by atoms with E-state index in [1.165, 1.54) is 0 Å². The van der Waals surface area contributed by atoms with Crippen molar-refractivity contribution >= 4 is 17.8 Å². The minimum Gasteiger partial charge on any atom is -0.353 e. The van der Waals surface area contributed by atoms with Crippen LogP contribution in [0.5, 0.6) is 0 Å². The fourth-order valence-corrected chi connectivity index (χ4v) is 1.45. The van der Waals surface area contributed by atoms with Crippen molar-refractivity contribution in [2.24, 2.45) is 0 Å². The molecule has 7 nitrogen and oxygen atoms in total. The average Bonchev–Trinajstić information content (AvgIpc) is 3.12. The summed E-state index contributed by atoms with van der Waals surface area (Å²) in [6, 6.07) is -0.671. The third-order valence-electron chi connectivity index (χ3n) is 2.71. The van der Waals surface area contributed by atoms with Crippen LogP contribution >= 0.6 is 0 Å². The number of urea groups is 1. The summed E-state index contributed by atoms with van der Waals surface area (Å²) in [7, 11) is 0. The van der Waals surface area contributed by atoms with Gasteiger partial charge in [0.15, 0.2) is 0 Å². The zero-order chi connectivity index (χ0) is 14.3. The molecule has 0 saturated heterocycles. The summed E-state index contributed by atoms with van der Waals surface area (Å²) in [4.78, 5) is 34.1. The maximum Gasteiger partial charge on any atom is 0.321 e. The normalized spacial score (nSPS) is 15.5. The van der Waals surface area contributed by atoms with Crippen LogP contribution in [-0.2, 0) is 9.59 Å².